The van der Waals surface area contributed by atoms with Gasteiger partial charge in [-0.15, -0.1) is 4.52 Å². The highest BCUT2D eigenvalue weighted by Crippen LogP contribution is 2.48. The van der Waals surface area contributed by atoms with Crippen LogP contribution in [0.5, 0.6) is 5.75 Å². The van der Waals surface area contributed by atoms with E-state index < -0.39 is 44.3 Å². The molecule has 0 amide bonds. The molecule has 1 unspecified atom stereocenters. The summed E-state index contributed by atoms with van der Waals surface area (Å²) in [6.45, 7) is 0.146. The zero-order valence-corrected chi connectivity index (χ0v) is 16.4. The number of benzene rings is 1. The maximum absolute atomic E-state index is 15.4. The quantitative estimate of drug-likeness (QED) is 0.286. The van der Waals surface area contributed by atoms with Gasteiger partial charge in [0, 0.05) is 15.7 Å². The fraction of sp³-hybridized carbons (Fsp3) is 0.375. The Morgan fingerprint density at radius 3 is 2.80 bits per heavy atom. The lowest BCUT2D eigenvalue weighted by Crippen LogP contribution is -2.48. The van der Waals surface area contributed by atoms with Crippen LogP contribution in [0.3, 0.4) is 0 Å². The molecule has 158 valence electrons. The summed E-state index contributed by atoms with van der Waals surface area (Å²) in [5.41, 5.74) is 11.4. The van der Waals surface area contributed by atoms with E-state index in [4.69, 9.17) is 25.0 Å². The monoisotopic (exact) mass is 439 g/mol. The van der Waals surface area contributed by atoms with E-state index in [-0.39, 0.29) is 11.6 Å². The van der Waals surface area contributed by atoms with Crippen LogP contribution in [0.4, 0.5) is 10.2 Å². The van der Waals surface area contributed by atoms with Crippen molar-refractivity contribution in [3.63, 3.8) is 0 Å². The van der Waals surface area contributed by atoms with E-state index in [9.17, 15) is 14.5 Å². The Balaban J connectivity index is 1.83. The Labute approximate surface area is 169 Å². The zero-order valence-electron chi connectivity index (χ0n) is 15.5. The lowest BCUT2D eigenvalue weighted by molar-refractivity contribution is -0.203. The van der Waals surface area contributed by atoms with E-state index in [1.54, 1.807) is 18.2 Å². The van der Waals surface area contributed by atoms with Gasteiger partial charge in [-0.25, -0.2) is 13.7 Å². The number of nitrogens with two attached hydrogens (primary N) is 1. The molecule has 3 rings (SSSR count). The zero-order chi connectivity index (χ0) is 21.9. The summed E-state index contributed by atoms with van der Waals surface area (Å²) >= 11 is 0. The van der Waals surface area contributed by atoms with Crippen molar-refractivity contribution in [2.24, 2.45) is 5.11 Å². The molecule has 1 aromatic heterocycles. The number of alkyl halides is 1. The van der Waals surface area contributed by atoms with Crippen LogP contribution in [0.25, 0.3) is 10.4 Å². The van der Waals surface area contributed by atoms with Crippen molar-refractivity contribution < 1.29 is 27.8 Å². The van der Waals surface area contributed by atoms with Gasteiger partial charge in [-0.05, 0) is 30.7 Å². The number of aromatic nitrogens is 2. The Kier molecular flexibility index (Phi) is 6.01. The molecule has 0 spiro atoms. The van der Waals surface area contributed by atoms with Crippen molar-refractivity contribution in [1.82, 2.24) is 9.55 Å². The summed E-state index contributed by atoms with van der Waals surface area (Å²) in [5.74, 6) is -2.86. The summed E-state index contributed by atoms with van der Waals surface area (Å²) in [6.07, 6.45) is -2.53. The third-order valence-corrected chi connectivity index (χ3v) is 5.12. The molecule has 0 bridgehead atoms. The van der Waals surface area contributed by atoms with E-state index in [1.165, 1.54) is 25.1 Å². The van der Waals surface area contributed by atoms with Crippen LogP contribution in [0.1, 0.15) is 13.2 Å². The highest BCUT2D eigenvalue weighted by atomic mass is 31.1. The van der Waals surface area contributed by atoms with Gasteiger partial charge in [-0.2, -0.15) is 4.98 Å². The molecule has 0 radical (unpaired) electrons. The van der Waals surface area contributed by atoms with Gasteiger partial charge in [0.05, 0.1) is 0 Å². The van der Waals surface area contributed by atoms with Gasteiger partial charge in [0.15, 0.2) is 18.6 Å². The van der Waals surface area contributed by atoms with Crippen LogP contribution in [-0.4, -0.2) is 38.8 Å². The number of aliphatic hydroxyl groups excluding tert-OH is 1. The highest BCUT2D eigenvalue weighted by Gasteiger charge is 2.64. The molecule has 0 aliphatic carbocycles. The lowest BCUT2D eigenvalue weighted by atomic mass is 9.92. The summed E-state index contributed by atoms with van der Waals surface area (Å²) in [4.78, 5) is 18.3. The molecular formula is C16H17FN6O6P+. The van der Waals surface area contributed by atoms with Crippen molar-refractivity contribution in [2.45, 2.75) is 30.6 Å². The first-order chi connectivity index (χ1) is 14.2. The van der Waals surface area contributed by atoms with Crippen molar-refractivity contribution in [3.8, 4) is 5.75 Å². The third kappa shape index (κ3) is 4.11. The standard InChI is InChI=1S/C16H16FN6O6P/c1-15(21-22-19)12(24)16(17,9-27-30(26)29-10-5-3-2-4-6-10)28-13(15)23-8-7-11(18)20-14(23)25/h2-8,12-13,24H,9H2,1H3,(H-,18,20,25)/p+1/t12-,13+,15+,16+/m0/s1. The summed E-state index contributed by atoms with van der Waals surface area (Å²) in [5, 5.41) is 14.0. The summed E-state index contributed by atoms with van der Waals surface area (Å²) < 4.78 is 43.4. The first kappa shape index (κ1) is 21.6. The Bertz CT molecular complexity index is 1050. The van der Waals surface area contributed by atoms with E-state index in [2.05, 4.69) is 15.0 Å². The molecule has 14 heteroatoms. The fourth-order valence-electron chi connectivity index (χ4n) is 2.93. The lowest BCUT2D eigenvalue weighted by Gasteiger charge is -2.27. The highest BCUT2D eigenvalue weighted by molar-refractivity contribution is 7.33. The van der Waals surface area contributed by atoms with E-state index in [0.29, 0.717) is 0 Å². The molecular weight excluding hydrogens is 422 g/mol. The normalized spacial score (nSPS) is 28.6. The number of aliphatic hydroxyl groups is 1. The molecule has 30 heavy (non-hydrogen) atoms. The predicted molar refractivity (Wildman–Crippen MR) is 101 cm³/mol. The van der Waals surface area contributed by atoms with Gasteiger partial charge in [-0.1, -0.05) is 23.3 Å². The fourth-order valence-corrected chi connectivity index (χ4v) is 3.56. The molecule has 5 atom stereocenters. The maximum Gasteiger partial charge on any atom is 0.750 e. The van der Waals surface area contributed by atoms with Crippen LogP contribution < -0.4 is 15.9 Å². The third-order valence-electron chi connectivity index (χ3n) is 4.42. The molecule has 1 aromatic carbocycles. The number of azide groups is 1. The van der Waals surface area contributed by atoms with Gasteiger partial charge in [0.1, 0.15) is 17.5 Å². The average Bonchev–Trinajstić information content (AvgIpc) is 2.89. The van der Waals surface area contributed by atoms with Crippen LogP contribution >= 0.6 is 8.25 Å². The van der Waals surface area contributed by atoms with Gasteiger partial charge in [0.25, 0.3) is 5.85 Å². The first-order valence-corrected chi connectivity index (χ1v) is 9.58. The Morgan fingerprint density at radius 1 is 1.47 bits per heavy atom. The van der Waals surface area contributed by atoms with Gasteiger partial charge in [-0.3, -0.25) is 4.57 Å². The molecule has 3 N–H and O–H groups in total. The van der Waals surface area contributed by atoms with Crippen LogP contribution in [-0.2, 0) is 13.8 Å². The van der Waals surface area contributed by atoms with Crippen molar-refractivity contribution in [3.05, 3.63) is 63.5 Å². The van der Waals surface area contributed by atoms with Crippen LogP contribution in [0.15, 0.2) is 52.5 Å². The molecule has 1 saturated heterocycles. The summed E-state index contributed by atoms with van der Waals surface area (Å²) in [6, 6.07) is 9.24. The number of hydrogen-bond donors (Lipinski definition) is 2. The molecule has 12 nitrogen and oxygen atoms in total. The number of ether oxygens (including phenoxy) is 1. The van der Waals surface area contributed by atoms with E-state index in [1.807, 2.05) is 0 Å². The molecule has 0 saturated carbocycles. The predicted octanol–water partition coefficient (Wildman–Crippen LogP) is 2.20. The summed E-state index contributed by atoms with van der Waals surface area (Å²) in [7, 11) is -2.82. The number of nitrogens with zero attached hydrogens (tertiary/aromatic N) is 5. The van der Waals surface area contributed by atoms with Crippen LogP contribution in [0.2, 0.25) is 0 Å². The molecule has 1 fully saturated rings. The first-order valence-electron chi connectivity index (χ1n) is 8.48. The average molecular weight is 439 g/mol. The second-order valence-corrected chi connectivity index (χ2v) is 7.41. The number of para-hydroxylation sites is 1. The Morgan fingerprint density at radius 2 is 2.17 bits per heavy atom. The Hall–Kier alpha value is -3.08. The van der Waals surface area contributed by atoms with Crippen molar-refractivity contribution in [1.29, 1.82) is 0 Å². The molecule has 1 aliphatic rings. The van der Waals surface area contributed by atoms with Crippen molar-refractivity contribution >= 4 is 14.1 Å². The van der Waals surface area contributed by atoms with Crippen LogP contribution in [0, 0.1) is 0 Å². The van der Waals surface area contributed by atoms with Gasteiger partial charge < -0.3 is 15.6 Å². The minimum Gasteiger partial charge on any atom is -0.386 e. The van der Waals surface area contributed by atoms with Crippen molar-refractivity contribution in [2.75, 3.05) is 12.3 Å². The van der Waals surface area contributed by atoms with Gasteiger partial charge >= 0.3 is 13.9 Å². The number of anilines is 1. The number of hydrogen-bond acceptors (Lipinski definition) is 9. The molecule has 2 aromatic rings. The number of halogens is 1. The van der Waals surface area contributed by atoms with Gasteiger partial charge in [0.2, 0.25) is 0 Å². The largest absolute Gasteiger partial charge is 0.750 e. The second kappa shape index (κ2) is 8.34. The van der Waals surface area contributed by atoms with E-state index >= 15 is 4.39 Å². The molecule has 2 heterocycles. The number of rotatable bonds is 7. The minimum absolute atomic E-state index is 0.0924. The smallest absolute Gasteiger partial charge is 0.386 e. The van der Waals surface area contributed by atoms with E-state index in [0.717, 1.165) is 10.8 Å². The topological polar surface area (TPSA) is 175 Å². The second-order valence-electron chi connectivity index (χ2n) is 6.52. The number of nitrogen functional groups attached to an aromatic ring is 1. The maximum atomic E-state index is 15.4. The molecule has 1 aliphatic heterocycles. The SMILES string of the molecule is C[C@]1(N=[N+]=[N-])[C@H](n2ccc(N)nc2=O)O[C@](F)(CO[P+](=O)Oc2ccccc2)[C@H]1O. The minimum atomic E-state index is -2.99.